The van der Waals surface area contributed by atoms with E-state index in [1.165, 1.54) is 37.7 Å². The van der Waals surface area contributed by atoms with E-state index >= 15 is 0 Å². The molecule has 2 aliphatic heterocycles. The van der Waals surface area contributed by atoms with Gasteiger partial charge in [0, 0.05) is 37.5 Å². The summed E-state index contributed by atoms with van der Waals surface area (Å²) in [7, 11) is 0. The second-order valence-electron chi connectivity index (χ2n) is 8.82. The van der Waals surface area contributed by atoms with Gasteiger partial charge in [-0.05, 0) is 24.5 Å². The van der Waals surface area contributed by atoms with Gasteiger partial charge in [-0.1, -0.05) is 61.7 Å². The molecule has 148 valence electrons. The first kappa shape index (κ1) is 18.2. The fourth-order valence-corrected chi connectivity index (χ4v) is 5.95. The summed E-state index contributed by atoms with van der Waals surface area (Å²) in [6.07, 6.45) is 8.45. The molecule has 3 aliphatic rings. The summed E-state index contributed by atoms with van der Waals surface area (Å²) in [6.45, 7) is 2.54. The fourth-order valence-electron chi connectivity index (χ4n) is 5.95. The highest BCUT2D eigenvalue weighted by Crippen LogP contribution is 2.46. The van der Waals surface area contributed by atoms with Gasteiger partial charge in [-0.2, -0.15) is 0 Å². The van der Waals surface area contributed by atoms with Crippen molar-refractivity contribution in [3.8, 4) is 0 Å². The molecule has 1 atom stereocenters. The number of hydrogen-bond acceptors (Lipinski definition) is 3. The van der Waals surface area contributed by atoms with E-state index in [2.05, 4.69) is 40.5 Å². The van der Waals surface area contributed by atoms with Crippen molar-refractivity contribution in [2.45, 2.75) is 56.5 Å². The van der Waals surface area contributed by atoms with E-state index in [4.69, 9.17) is 0 Å². The van der Waals surface area contributed by atoms with E-state index < -0.39 is 0 Å². The van der Waals surface area contributed by atoms with Crippen molar-refractivity contribution in [1.82, 2.24) is 9.55 Å². The molecule has 2 aromatic rings. The van der Waals surface area contributed by atoms with Crippen molar-refractivity contribution < 1.29 is 0 Å². The van der Waals surface area contributed by atoms with Crippen molar-refractivity contribution in [2.75, 3.05) is 25.1 Å². The molecule has 0 aromatic heterocycles. The minimum Gasteiger partial charge on any atom is -0.626 e. The monoisotopic (exact) mass is 377 g/mol. The zero-order valence-corrected chi connectivity index (χ0v) is 16.6. The van der Waals surface area contributed by atoms with Gasteiger partial charge in [0.25, 0.3) is 0 Å². The number of fused-ring (bicyclic) bond motifs is 1. The molecule has 0 spiro atoms. The van der Waals surface area contributed by atoms with E-state index in [-0.39, 0.29) is 16.2 Å². The number of nitrogens with zero attached hydrogens (tertiary/aromatic N) is 2. The van der Waals surface area contributed by atoms with E-state index in [9.17, 15) is 5.21 Å². The first-order valence-corrected chi connectivity index (χ1v) is 11.0. The highest BCUT2D eigenvalue weighted by molar-refractivity contribution is 5.72. The Hall–Kier alpha value is -1.88. The molecular weight excluding hydrogens is 346 g/mol. The highest BCUT2D eigenvalue weighted by atomic mass is 16.6. The van der Waals surface area contributed by atoms with Crippen LogP contribution in [0.3, 0.4) is 0 Å². The largest absolute Gasteiger partial charge is 0.626 e. The Bertz CT molecular complexity index is 810. The number of hydrogen-bond donors (Lipinski definition) is 1. The Morgan fingerprint density at radius 3 is 2.32 bits per heavy atom. The van der Waals surface area contributed by atoms with E-state index in [0.717, 1.165) is 37.3 Å². The zero-order chi connectivity index (χ0) is 19.0. The molecule has 2 fully saturated rings. The summed E-state index contributed by atoms with van der Waals surface area (Å²) >= 11 is 0. The quantitative estimate of drug-likeness (QED) is 0.590. The Kier molecular flexibility index (Phi) is 4.66. The first-order chi connectivity index (χ1) is 13.7. The standard InChI is InChI=1S/C24H31N3O/c28-27(19-25-22-11-5-6-12-23(22)27)21-13-17-26(18-14-21)24(15-7-2-8-16-24)20-9-3-1-4-10-20/h1,3-6,9-12,21,25H,2,7-8,13-19H2. The molecule has 1 N–H and O–H groups in total. The Labute approximate surface area is 168 Å². The molecule has 1 saturated heterocycles. The minimum absolute atomic E-state index is 0.156. The SMILES string of the molecule is [O-][N+]1(C2CCN(C3(c4ccccc4)CCCCC3)CC2)CNc2ccccc21. The average Bonchev–Trinajstić information content (AvgIpc) is 3.13. The molecular formula is C24H31N3O. The summed E-state index contributed by atoms with van der Waals surface area (Å²) in [5, 5.41) is 17.1. The lowest BCUT2D eigenvalue weighted by atomic mass is 9.74. The van der Waals surface area contributed by atoms with Gasteiger partial charge in [-0.3, -0.25) is 4.90 Å². The third kappa shape index (κ3) is 2.86. The number of piperidine rings is 1. The number of likely N-dealkylation sites (tertiary alicyclic amines) is 1. The van der Waals surface area contributed by atoms with Crippen LogP contribution in [0.5, 0.6) is 0 Å². The minimum atomic E-state index is -0.192. The van der Waals surface area contributed by atoms with Crippen LogP contribution in [0.4, 0.5) is 11.4 Å². The third-order valence-corrected chi connectivity index (χ3v) is 7.47. The van der Waals surface area contributed by atoms with E-state index in [0.29, 0.717) is 6.67 Å². The molecule has 0 amide bonds. The van der Waals surface area contributed by atoms with Gasteiger partial charge in [0.2, 0.25) is 0 Å². The summed E-state index contributed by atoms with van der Waals surface area (Å²) in [5.41, 5.74) is 3.61. The lowest BCUT2D eigenvalue weighted by Crippen LogP contribution is -2.59. The van der Waals surface area contributed by atoms with Gasteiger partial charge in [-0.25, -0.2) is 0 Å². The first-order valence-electron chi connectivity index (χ1n) is 11.0. The Morgan fingerprint density at radius 1 is 0.893 bits per heavy atom. The lowest BCUT2D eigenvalue weighted by Gasteiger charge is -2.53. The van der Waals surface area contributed by atoms with Crippen LogP contribution in [0.1, 0.15) is 50.5 Å². The van der Waals surface area contributed by atoms with Gasteiger partial charge >= 0.3 is 0 Å². The second kappa shape index (κ2) is 7.18. The second-order valence-corrected chi connectivity index (χ2v) is 8.82. The lowest BCUT2D eigenvalue weighted by molar-refractivity contribution is 0.0128. The molecule has 1 unspecified atom stereocenters. The van der Waals surface area contributed by atoms with Gasteiger partial charge < -0.3 is 15.2 Å². The Balaban J connectivity index is 1.37. The maximum Gasteiger partial charge on any atom is 0.158 e. The number of benzene rings is 2. The topological polar surface area (TPSA) is 38.3 Å². The number of rotatable bonds is 3. The highest BCUT2D eigenvalue weighted by Gasteiger charge is 2.45. The number of para-hydroxylation sites is 2. The van der Waals surface area contributed by atoms with Crippen LogP contribution < -0.4 is 9.96 Å². The van der Waals surface area contributed by atoms with Crippen molar-refractivity contribution in [3.05, 3.63) is 65.4 Å². The maximum absolute atomic E-state index is 13.8. The van der Waals surface area contributed by atoms with Crippen LogP contribution in [-0.2, 0) is 5.54 Å². The Morgan fingerprint density at radius 2 is 1.57 bits per heavy atom. The van der Waals surface area contributed by atoms with Crippen LogP contribution in [0.2, 0.25) is 0 Å². The van der Waals surface area contributed by atoms with Crippen LogP contribution >= 0.6 is 0 Å². The van der Waals surface area contributed by atoms with Crippen LogP contribution in [0.25, 0.3) is 0 Å². The molecule has 4 heteroatoms. The summed E-state index contributed by atoms with van der Waals surface area (Å²) in [6, 6.07) is 19.3. The molecule has 2 heterocycles. The molecule has 0 bridgehead atoms. The fraction of sp³-hybridized carbons (Fsp3) is 0.500. The summed E-state index contributed by atoms with van der Waals surface area (Å²) in [4.78, 5) is 2.72. The molecule has 1 saturated carbocycles. The predicted octanol–water partition coefficient (Wildman–Crippen LogP) is 5.20. The van der Waals surface area contributed by atoms with Crippen molar-refractivity contribution in [3.63, 3.8) is 0 Å². The number of quaternary nitrogens is 1. The van der Waals surface area contributed by atoms with Crippen LogP contribution in [0.15, 0.2) is 54.6 Å². The van der Waals surface area contributed by atoms with Crippen LogP contribution in [-0.4, -0.2) is 30.7 Å². The maximum atomic E-state index is 13.8. The van der Waals surface area contributed by atoms with Gasteiger partial charge in [0.15, 0.2) is 12.4 Å². The van der Waals surface area contributed by atoms with Crippen molar-refractivity contribution in [1.29, 1.82) is 0 Å². The summed E-state index contributed by atoms with van der Waals surface area (Å²) in [5.74, 6) is 0. The molecule has 1 aliphatic carbocycles. The third-order valence-electron chi connectivity index (χ3n) is 7.47. The number of nitrogens with one attached hydrogen (secondary N) is 1. The van der Waals surface area contributed by atoms with Gasteiger partial charge in [0.05, 0.1) is 6.04 Å². The predicted molar refractivity (Wildman–Crippen MR) is 116 cm³/mol. The molecule has 2 aromatic carbocycles. The average molecular weight is 378 g/mol. The van der Waals surface area contributed by atoms with E-state index in [1.54, 1.807) is 0 Å². The van der Waals surface area contributed by atoms with Crippen molar-refractivity contribution in [2.24, 2.45) is 0 Å². The smallest absolute Gasteiger partial charge is 0.158 e. The van der Waals surface area contributed by atoms with Gasteiger partial charge in [0.1, 0.15) is 5.69 Å². The number of anilines is 1. The normalized spacial score (nSPS) is 27.9. The molecule has 4 nitrogen and oxygen atoms in total. The zero-order valence-electron chi connectivity index (χ0n) is 16.6. The molecule has 28 heavy (non-hydrogen) atoms. The van der Waals surface area contributed by atoms with Gasteiger partial charge in [-0.15, -0.1) is 0 Å². The van der Waals surface area contributed by atoms with E-state index in [1.807, 2.05) is 24.3 Å². The van der Waals surface area contributed by atoms with Crippen LogP contribution in [0, 0.1) is 5.21 Å². The number of hydroxylamine groups is 2. The molecule has 5 rings (SSSR count). The molecule has 0 radical (unpaired) electrons. The van der Waals surface area contributed by atoms with Crippen molar-refractivity contribution >= 4 is 11.4 Å². The summed E-state index contributed by atoms with van der Waals surface area (Å²) < 4.78 is -0.192.